The number of hydrogen-bond acceptors (Lipinski definition) is 2. The number of hydrogen-bond donors (Lipinski definition) is 1. The van der Waals surface area contributed by atoms with Gasteiger partial charge in [-0.1, -0.05) is 18.2 Å². The van der Waals surface area contributed by atoms with E-state index in [4.69, 9.17) is 0 Å². The first-order chi connectivity index (χ1) is 8.70. The van der Waals surface area contributed by atoms with E-state index < -0.39 is 0 Å². The van der Waals surface area contributed by atoms with Crippen LogP contribution in [0.2, 0.25) is 0 Å². The van der Waals surface area contributed by atoms with Gasteiger partial charge in [0.2, 0.25) is 0 Å². The Bertz CT molecular complexity index is 430. The highest BCUT2D eigenvalue weighted by Gasteiger charge is 2.46. The molecular formula is C15H21FN2. The van der Waals surface area contributed by atoms with Crippen LogP contribution in [0.1, 0.15) is 25.3 Å². The van der Waals surface area contributed by atoms with Crippen molar-refractivity contribution >= 4 is 0 Å². The summed E-state index contributed by atoms with van der Waals surface area (Å²) in [4.78, 5) is 2.47. The van der Waals surface area contributed by atoms with Crippen molar-refractivity contribution in [2.45, 2.75) is 31.8 Å². The minimum atomic E-state index is -0.0748. The molecule has 1 saturated carbocycles. The Morgan fingerprint density at radius 1 is 1.39 bits per heavy atom. The molecule has 1 aromatic carbocycles. The van der Waals surface area contributed by atoms with Gasteiger partial charge in [-0.25, -0.2) is 4.39 Å². The largest absolute Gasteiger partial charge is 0.314 e. The number of piperazine rings is 1. The van der Waals surface area contributed by atoms with Gasteiger partial charge in [-0.3, -0.25) is 4.90 Å². The molecular weight excluding hydrogens is 227 g/mol. The van der Waals surface area contributed by atoms with Crippen LogP contribution in [0.3, 0.4) is 0 Å². The quantitative estimate of drug-likeness (QED) is 0.883. The Morgan fingerprint density at radius 2 is 2.17 bits per heavy atom. The van der Waals surface area contributed by atoms with Crippen LogP contribution in [-0.2, 0) is 6.54 Å². The van der Waals surface area contributed by atoms with Crippen LogP contribution in [0.5, 0.6) is 0 Å². The molecule has 2 aliphatic rings. The molecule has 1 aliphatic carbocycles. The van der Waals surface area contributed by atoms with Gasteiger partial charge in [0.15, 0.2) is 0 Å². The zero-order chi connectivity index (χ0) is 12.6. The molecule has 2 fully saturated rings. The van der Waals surface area contributed by atoms with Crippen molar-refractivity contribution in [2.75, 3.05) is 19.6 Å². The summed E-state index contributed by atoms with van der Waals surface area (Å²) in [5.41, 5.74) is 1.03. The number of halogens is 1. The number of rotatable bonds is 3. The van der Waals surface area contributed by atoms with E-state index in [2.05, 4.69) is 17.1 Å². The third-order valence-corrected chi connectivity index (χ3v) is 4.54. The minimum Gasteiger partial charge on any atom is -0.314 e. The zero-order valence-corrected chi connectivity index (χ0v) is 11.0. The molecule has 18 heavy (non-hydrogen) atoms. The van der Waals surface area contributed by atoms with Crippen molar-refractivity contribution < 1.29 is 4.39 Å². The third-order valence-electron chi connectivity index (χ3n) is 4.54. The van der Waals surface area contributed by atoms with Crippen molar-refractivity contribution in [3.63, 3.8) is 0 Å². The summed E-state index contributed by atoms with van der Waals surface area (Å²) in [7, 11) is 0. The van der Waals surface area contributed by atoms with Crippen molar-refractivity contribution in [1.82, 2.24) is 10.2 Å². The molecule has 1 unspecified atom stereocenters. The van der Waals surface area contributed by atoms with Crippen LogP contribution < -0.4 is 5.32 Å². The maximum Gasteiger partial charge on any atom is 0.127 e. The molecule has 1 aromatic rings. The Kier molecular flexibility index (Phi) is 3.12. The first-order valence-corrected chi connectivity index (χ1v) is 6.89. The van der Waals surface area contributed by atoms with Crippen LogP contribution in [0.4, 0.5) is 4.39 Å². The average Bonchev–Trinajstić information content (AvgIpc) is 3.19. The lowest BCUT2D eigenvalue weighted by molar-refractivity contribution is 0.0475. The van der Waals surface area contributed by atoms with Gasteiger partial charge in [0.25, 0.3) is 0 Å². The molecule has 1 heterocycles. The van der Waals surface area contributed by atoms with E-state index in [0.29, 0.717) is 0 Å². The lowest BCUT2D eigenvalue weighted by Gasteiger charge is -2.46. The summed E-state index contributed by atoms with van der Waals surface area (Å²) >= 11 is 0. The van der Waals surface area contributed by atoms with E-state index in [1.807, 2.05) is 12.1 Å². The van der Waals surface area contributed by atoms with Gasteiger partial charge >= 0.3 is 0 Å². The van der Waals surface area contributed by atoms with Crippen LogP contribution in [-0.4, -0.2) is 30.1 Å². The van der Waals surface area contributed by atoms with Crippen molar-refractivity contribution in [2.24, 2.45) is 5.92 Å². The second-order valence-electron chi connectivity index (χ2n) is 5.82. The number of nitrogens with zero attached hydrogens (tertiary/aromatic N) is 1. The van der Waals surface area contributed by atoms with Crippen LogP contribution in [0.15, 0.2) is 24.3 Å². The molecule has 1 aliphatic heterocycles. The fourth-order valence-electron chi connectivity index (χ4n) is 3.12. The first-order valence-electron chi connectivity index (χ1n) is 6.89. The standard InChI is InChI=1S/C15H21FN2/c1-15(13-6-7-13)11-17-8-9-18(15)10-12-4-2-3-5-14(12)16/h2-5,13,17H,6-11H2,1H3. The molecule has 0 aromatic heterocycles. The minimum absolute atomic E-state index is 0.0748. The molecule has 0 spiro atoms. The van der Waals surface area contributed by atoms with Crippen molar-refractivity contribution in [3.8, 4) is 0 Å². The van der Waals surface area contributed by atoms with Gasteiger partial charge in [-0.15, -0.1) is 0 Å². The molecule has 2 nitrogen and oxygen atoms in total. The summed E-state index contributed by atoms with van der Waals surface area (Å²) in [6, 6.07) is 7.16. The SMILES string of the molecule is CC1(C2CC2)CNCCN1Cc1ccccc1F. The van der Waals surface area contributed by atoms with E-state index in [0.717, 1.165) is 37.7 Å². The van der Waals surface area contributed by atoms with Gasteiger partial charge in [-0.05, 0) is 31.7 Å². The summed E-state index contributed by atoms with van der Waals surface area (Å²) < 4.78 is 13.8. The molecule has 1 atom stereocenters. The Morgan fingerprint density at radius 3 is 2.89 bits per heavy atom. The van der Waals surface area contributed by atoms with Crippen molar-refractivity contribution in [3.05, 3.63) is 35.6 Å². The third kappa shape index (κ3) is 2.17. The molecule has 3 heteroatoms. The topological polar surface area (TPSA) is 15.3 Å². The van der Waals surface area contributed by atoms with Gasteiger partial charge < -0.3 is 5.32 Å². The summed E-state index contributed by atoms with van der Waals surface area (Å²) in [6.07, 6.45) is 2.65. The summed E-state index contributed by atoms with van der Waals surface area (Å²) in [6.45, 7) is 6.13. The van der Waals surface area contributed by atoms with E-state index >= 15 is 0 Å². The molecule has 3 rings (SSSR count). The van der Waals surface area contributed by atoms with E-state index in [1.165, 1.54) is 12.8 Å². The summed E-state index contributed by atoms with van der Waals surface area (Å²) in [5, 5.41) is 3.49. The van der Waals surface area contributed by atoms with Gasteiger partial charge in [0, 0.05) is 37.3 Å². The second kappa shape index (κ2) is 4.63. The molecule has 1 N–H and O–H groups in total. The average molecular weight is 248 g/mol. The monoisotopic (exact) mass is 248 g/mol. The van der Waals surface area contributed by atoms with Gasteiger partial charge in [0.1, 0.15) is 5.82 Å². The normalized spacial score (nSPS) is 29.4. The van der Waals surface area contributed by atoms with Gasteiger partial charge in [-0.2, -0.15) is 0 Å². The first kappa shape index (κ1) is 12.1. The molecule has 98 valence electrons. The molecule has 0 amide bonds. The van der Waals surface area contributed by atoms with Crippen LogP contribution in [0.25, 0.3) is 0 Å². The lowest BCUT2D eigenvalue weighted by atomic mass is 9.90. The smallest absolute Gasteiger partial charge is 0.127 e. The van der Waals surface area contributed by atoms with Gasteiger partial charge in [0.05, 0.1) is 0 Å². The highest BCUT2D eigenvalue weighted by atomic mass is 19.1. The predicted molar refractivity (Wildman–Crippen MR) is 70.8 cm³/mol. The Hall–Kier alpha value is -0.930. The maximum absolute atomic E-state index is 13.8. The fraction of sp³-hybridized carbons (Fsp3) is 0.600. The van der Waals surface area contributed by atoms with E-state index in [-0.39, 0.29) is 11.4 Å². The maximum atomic E-state index is 13.8. The zero-order valence-electron chi connectivity index (χ0n) is 11.0. The molecule has 1 saturated heterocycles. The van der Waals surface area contributed by atoms with E-state index in [9.17, 15) is 4.39 Å². The van der Waals surface area contributed by atoms with E-state index in [1.54, 1.807) is 12.1 Å². The molecule has 0 bridgehead atoms. The van der Waals surface area contributed by atoms with Crippen LogP contribution in [0, 0.1) is 11.7 Å². The summed E-state index contributed by atoms with van der Waals surface area (Å²) in [5.74, 6) is 0.714. The number of benzene rings is 1. The molecule has 0 radical (unpaired) electrons. The van der Waals surface area contributed by atoms with Crippen molar-refractivity contribution in [1.29, 1.82) is 0 Å². The highest BCUT2D eigenvalue weighted by molar-refractivity contribution is 5.18. The Balaban J connectivity index is 1.79. The second-order valence-corrected chi connectivity index (χ2v) is 5.82. The number of nitrogens with one attached hydrogen (secondary N) is 1. The Labute approximate surface area is 108 Å². The highest BCUT2D eigenvalue weighted by Crippen LogP contribution is 2.44. The predicted octanol–water partition coefficient (Wildman–Crippen LogP) is 2.40. The van der Waals surface area contributed by atoms with Crippen LogP contribution >= 0.6 is 0 Å². The lowest BCUT2D eigenvalue weighted by Crippen LogP contribution is -2.60. The fourth-order valence-corrected chi connectivity index (χ4v) is 3.12.